The third kappa shape index (κ3) is 9.33. The lowest BCUT2D eigenvalue weighted by molar-refractivity contribution is -0.940. The third-order valence-corrected chi connectivity index (χ3v) is 8.14. The molecule has 0 aliphatic carbocycles. The Balaban J connectivity index is 1.52. The van der Waals surface area contributed by atoms with E-state index in [9.17, 15) is 4.79 Å². The summed E-state index contributed by atoms with van der Waals surface area (Å²) >= 11 is 6.02. The first-order valence-electron chi connectivity index (χ1n) is 14.8. The molecule has 10 heteroatoms. The molecule has 0 radical (unpaired) electrons. The van der Waals surface area contributed by atoms with Crippen LogP contribution < -0.4 is 26.3 Å². The van der Waals surface area contributed by atoms with Crippen LogP contribution in [0, 0.1) is 0 Å². The van der Waals surface area contributed by atoms with E-state index in [2.05, 4.69) is 63.8 Å². The van der Waals surface area contributed by atoms with Crippen molar-refractivity contribution in [2.75, 3.05) is 51.9 Å². The zero-order valence-electron chi connectivity index (χ0n) is 25.5. The molecule has 0 saturated carbocycles. The van der Waals surface area contributed by atoms with Crippen molar-refractivity contribution in [1.82, 2.24) is 15.3 Å². The molecular weight excluding hydrogens is 576 g/mol. The van der Waals surface area contributed by atoms with Crippen LogP contribution in [0.2, 0.25) is 5.15 Å². The Kier molecular flexibility index (Phi) is 11.8. The molecule has 9 nitrogen and oxygen atoms in total. The number of nitrogens with two attached hydrogens (primary N) is 2. The lowest BCUT2D eigenvalue weighted by Gasteiger charge is -2.39. The number of quaternary nitrogens is 1. The maximum atomic E-state index is 13.1. The van der Waals surface area contributed by atoms with Crippen molar-refractivity contribution in [2.24, 2.45) is 0 Å². The largest absolute Gasteiger partial charge is 0.497 e. The van der Waals surface area contributed by atoms with Crippen LogP contribution in [0.4, 0.5) is 11.6 Å². The van der Waals surface area contributed by atoms with Crippen LogP contribution in [-0.2, 0) is 19.4 Å². The summed E-state index contributed by atoms with van der Waals surface area (Å²) < 4.78 is 11.5. The first kappa shape index (κ1) is 32.6. The number of aryl methyl sites for hydroxylation is 2. The van der Waals surface area contributed by atoms with Gasteiger partial charge in [0.15, 0.2) is 22.5 Å². The number of anilines is 2. The van der Waals surface area contributed by atoms with Crippen LogP contribution in [0.3, 0.4) is 0 Å². The molecular formula is C34H42ClN6O3+. The van der Waals surface area contributed by atoms with E-state index in [-0.39, 0.29) is 22.5 Å². The lowest BCUT2D eigenvalue weighted by atomic mass is 10.0. The molecule has 1 heterocycles. The third-order valence-electron chi connectivity index (χ3n) is 7.87. The fourth-order valence-electron chi connectivity index (χ4n) is 5.46. The van der Waals surface area contributed by atoms with E-state index < -0.39 is 5.91 Å². The first-order valence-corrected chi connectivity index (χ1v) is 15.2. The predicted octanol–water partition coefficient (Wildman–Crippen LogP) is 5.32. The minimum atomic E-state index is -0.425. The van der Waals surface area contributed by atoms with Gasteiger partial charge in [-0.3, -0.25) is 4.79 Å². The number of carbonyl (C=O) groups excluding carboxylic acids is 1. The van der Waals surface area contributed by atoms with Gasteiger partial charge in [-0.25, -0.2) is 9.97 Å². The number of nitrogen functional groups attached to an aromatic ring is 2. The number of hydrogen-bond acceptors (Lipinski definition) is 7. The van der Waals surface area contributed by atoms with Crippen LogP contribution >= 0.6 is 11.6 Å². The van der Waals surface area contributed by atoms with Crippen molar-refractivity contribution in [3.05, 3.63) is 106 Å². The normalized spacial score (nSPS) is 11.2. The van der Waals surface area contributed by atoms with Crippen LogP contribution in [0.5, 0.6) is 11.5 Å². The van der Waals surface area contributed by atoms with Crippen LogP contribution in [0.15, 0.2) is 78.9 Å². The molecule has 1 aromatic heterocycles. The standard InChI is InChI=1S/C34H41ClN6O3/c1-43-28-16-12-25(13-17-28)10-6-21-41(24-27-8-4-3-5-9-27,22-7-11-26-14-18-29(44-2)19-15-26)23-20-38-34(42)30-32(36)40-33(37)31(35)39-30/h3-5,8-9,12-19H,6-7,10-11,20-24H2,1-2H3,(H4-,36,37,38,40,42)/p+1. The number of amides is 1. The average Bonchev–Trinajstić information content (AvgIpc) is 3.04. The fraction of sp³-hybridized carbons (Fsp3) is 0.324. The van der Waals surface area contributed by atoms with E-state index in [1.165, 1.54) is 16.7 Å². The quantitative estimate of drug-likeness (QED) is 0.145. The number of methoxy groups -OCH3 is 2. The number of hydrogen-bond donors (Lipinski definition) is 3. The number of nitrogens with one attached hydrogen (secondary N) is 1. The summed E-state index contributed by atoms with van der Waals surface area (Å²) in [6.45, 7) is 3.88. The second-order valence-corrected chi connectivity index (χ2v) is 11.3. The number of aromatic nitrogens is 2. The van der Waals surface area contributed by atoms with Gasteiger partial charge in [0.05, 0.1) is 40.4 Å². The summed E-state index contributed by atoms with van der Waals surface area (Å²) in [5.41, 5.74) is 15.4. The van der Waals surface area contributed by atoms with Gasteiger partial charge in [0.25, 0.3) is 5.91 Å². The Morgan fingerprint density at radius 2 is 1.30 bits per heavy atom. The highest BCUT2D eigenvalue weighted by Crippen LogP contribution is 2.22. The molecule has 4 aromatic rings. The summed E-state index contributed by atoms with van der Waals surface area (Å²) in [5.74, 6) is 1.22. The molecule has 0 unspecified atom stereocenters. The van der Waals surface area contributed by atoms with Crippen molar-refractivity contribution >= 4 is 29.1 Å². The van der Waals surface area contributed by atoms with Gasteiger partial charge in [0, 0.05) is 18.4 Å². The molecule has 0 spiro atoms. The predicted molar refractivity (Wildman–Crippen MR) is 176 cm³/mol. The van der Waals surface area contributed by atoms with E-state index in [4.69, 9.17) is 32.5 Å². The molecule has 0 saturated heterocycles. The number of nitrogens with zero attached hydrogens (tertiary/aromatic N) is 3. The number of ether oxygens (including phenoxy) is 2. The molecule has 0 bridgehead atoms. The SMILES string of the molecule is COc1ccc(CCC[N+](CCCc2ccc(OC)cc2)(CCNC(=O)c2nc(Cl)c(N)nc2N)Cc2ccccc2)cc1. The van der Waals surface area contributed by atoms with Gasteiger partial charge in [-0.1, -0.05) is 66.2 Å². The van der Waals surface area contributed by atoms with E-state index >= 15 is 0 Å². The lowest BCUT2D eigenvalue weighted by Crippen LogP contribution is -2.52. The average molecular weight is 618 g/mol. The van der Waals surface area contributed by atoms with E-state index in [0.717, 1.165) is 67.8 Å². The number of rotatable bonds is 16. The summed E-state index contributed by atoms with van der Waals surface area (Å²) in [4.78, 5) is 21.1. The smallest absolute Gasteiger partial charge is 0.273 e. The topological polar surface area (TPSA) is 125 Å². The molecule has 232 valence electrons. The molecule has 4 rings (SSSR count). The van der Waals surface area contributed by atoms with E-state index in [1.54, 1.807) is 14.2 Å². The maximum absolute atomic E-state index is 13.1. The summed E-state index contributed by atoms with van der Waals surface area (Å²) in [7, 11) is 3.36. The number of benzene rings is 3. The highest BCUT2D eigenvalue weighted by molar-refractivity contribution is 6.31. The van der Waals surface area contributed by atoms with Gasteiger partial charge in [0.1, 0.15) is 18.0 Å². The maximum Gasteiger partial charge on any atom is 0.273 e. The Bertz CT molecular complexity index is 1430. The Labute approximate surface area is 264 Å². The molecule has 0 aliphatic rings. The van der Waals surface area contributed by atoms with Gasteiger partial charge in [-0.05, 0) is 48.2 Å². The molecule has 44 heavy (non-hydrogen) atoms. The zero-order chi connectivity index (χ0) is 31.4. The van der Waals surface area contributed by atoms with Gasteiger partial charge in [-0.2, -0.15) is 0 Å². The van der Waals surface area contributed by atoms with Crippen LogP contribution in [-0.4, -0.2) is 60.8 Å². The molecule has 0 atom stereocenters. The van der Waals surface area contributed by atoms with Crippen LogP contribution in [0.25, 0.3) is 0 Å². The molecule has 0 fully saturated rings. The summed E-state index contributed by atoms with van der Waals surface area (Å²) in [6, 6.07) is 27.0. The highest BCUT2D eigenvalue weighted by Gasteiger charge is 2.28. The second kappa shape index (κ2) is 15.9. The van der Waals surface area contributed by atoms with Crippen molar-refractivity contribution < 1.29 is 18.8 Å². The Hall–Kier alpha value is -4.34. The fourth-order valence-corrected chi connectivity index (χ4v) is 5.59. The molecule has 1 amide bonds. The first-order chi connectivity index (χ1) is 21.3. The summed E-state index contributed by atoms with van der Waals surface area (Å²) in [6.07, 6.45) is 3.86. The Morgan fingerprint density at radius 1 is 0.750 bits per heavy atom. The van der Waals surface area contributed by atoms with Gasteiger partial charge >= 0.3 is 0 Å². The number of halogens is 1. The summed E-state index contributed by atoms with van der Waals surface area (Å²) in [5, 5.41) is 2.96. The van der Waals surface area contributed by atoms with Crippen molar-refractivity contribution in [2.45, 2.75) is 32.2 Å². The van der Waals surface area contributed by atoms with Crippen molar-refractivity contribution in [1.29, 1.82) is 0 Å². The Morgan fingerprint density at radius 3 is 1.82 bits per heavy atom. The van der Waals surface area contributed by atoms with E-state index in [0.29, 0.717) is 6.54 Å². The van der Waals surface area contributed by atoms with Gasteiger partial charge < -0.3 is 30.7 Å². The van der Waals surface area contributed by atoms with Crippen molar-refractivity contribution in [3.63, 3.8) is 0 Å². The molecule has 0 aliphatic heterocycles. The second-order valence-electron chi connectivity index (χ2n) is 10.9. The minimum absolute atomic E-state index is 0.00650. The monoisotopic (exact) mass is 617 g/mol. The van der Waals surface area contributed by atoms with Gasteiger partial charge in [0.2, 0.25) is 0 Å². The molecule has 5 N–H and O–H groups in total. The highest BCUT2D eigenvalue weighted by atomic mass is 35.5. The van der Waals surface area contributed by atoms with E-state index in [1.807, 2.05) is 30.3 Å². The zero-order valence-corrected chi connectivity index (χ0v) is 26.2. The van der Waals surface area contributed by atoms with Crippen LogP contribution in [0.1, 0.15) is 40.0 Å². The van der Waals surface area contributed by atoms with Gasteiger partial charge in [-0.15, -0.1) is 0 Å². The van der Waals surface area contributed by atoms with Crippen molar-refractivity contribution in [3.8, 4) is 11.5 Å². The molecule has 3 aromatic carbocycles. The number of carbonyl (C=O) groups is 1. The minimum Gasteiger partial charge on any atom is -0.497 e.